The Labute approximate surface area is 122 Å². The van der Waals surface area contributed by atoms with Gasteiger partial charge in [0.2, 0.25) is 5.95 Å². The summed E-state index contributed by atoms with van der Waals surface area (Å²) in [5, 5.41) is 0. The van der Waals surface area contributed by atoms with Gasteiger partial charge in [0.15, 0.2) is 0 Å². The maximum absolute atomic E-state index is 12.2. The highest BCUT2D eigenvalue weighted by atomic mass is 16.1. The van der Waals surface area contributed by atoms with E-state index in [9.17, 15) is 4.79 Å². The van der Waals surface area contributed by atoms with E-state index in [0.29, 0.717) is 11.6 Å². The topological polar surface area (TPSA) is 55.4 Å². The highest BCUT2D eigenvalue weighted by Crippen LogP contribution is 2.25. The van der Waals surface area contributed by atoms with Crippen LogP contribution in [-0.4, -0.2) is 27.2 Å². The standard InChI is InChI=1S/C15H15N5O/c1-16-13-4-3-9-20(13)15-18-12(10-14(21)19(15)2)11-5-7-17-8-6-11/h5-8,10,13H,3-4,9H2,2H3/t13-/m0/s1. The minimum atomic E-state index is -0.226. The lowest BCUT2D eigenvalue weighted by atomic mass is 10.2. The van der Waals surface area contributed by atoms with Crippen LogP contribution >= 0.6 is 0 Å². The number of pyridine rings is 1. The summed E-state index contributed by atoms with van der Waals surface area (Å²) >= 11 is 0. The molecule has 0 saturated carbocycles. The fraction of sp³-hybridized carbons (Fsp3) is 0.333. The second kappa shape index (κ2) is 5.37. The highest BCUT2D eigenvalue weighted by molar-refractivity contribution is 5.59. The summed E-state index contributed by atoms with van der Waals surface area (Å²) in [6, 6.07) is 5.16. The van der Waals surface area contributed by atoms with Gasteiger partial charge in [-0.1, -0.05) is 0 Å². The largest absolute Gasteiger partial charge is 0.300 e. The molecule has 0 radical (unpaired) electrons. The molecule has 0 spiro atoms. The van der Waals surface area contributed by atoms with Crippen molar-refractivity contribution in [2.45, 2.75) is 19.0 Å². The Morgan fingerprint density at radius 1 is 1.38 bits per heavy atom. The van der Waals surface area contributed by atoms with Gasteiger partial charge in [-0.2, -0.15) is 0 Å². The summed E-state index contributed by atoms with van der Waals surface area (Å²) in [5.74, 6) is 0.563. The van der Waals surface area contributed by atoms with Gasteiger partial charge < -0.3 is 0 Å². The summed E-state index contributed by atoms with van der Waals surface area (Å²) in [5.41, 5.74) is 1.34. The zero-order valence-corrected chi connectivity index (χ0v) is 11.7. The molecule has 2 aromatic heterocycles. The van der Waals surface area contributed by atoms with Crippen LogP contribution in [0, 0.1) is 6.57 Å². The van der Waals surface area contributed by atoms with Gasteiger partial charge in [0.25, 0.3) is 5.56 Å². The molecule has 21 heavy (non-hydrogen) atoms. The molecule has 0 bridgehead atoms. The van der Waals surface area contributed by atoms with Crippen molar-refractivity contribution in [1.29, 1.82) is 0 Å². The molecule has 2 aromatic rings. The second-order valence-corrected chi connectivity index (χ2v) is 5.02. The maximum atomic E-state index is 12.2. The van der Waals surface area contributed by atoms with Crippen LogP contribution < -0.4 is 10.5 Å². The summed E-state index contributed by atoms with van der Waals surface area (Å²) in [6.45, 7) is 8.04. The molecular weight excluding hydrogens is 266 g/mol. The van der Waals surface area contributed by atoms with Gasteiger partial charge >= 0.3 is 6.17 Å². The van der Waals surface area contributed by atoms with Gasteiger partial charge in [-0.25, -0.2) is 11.6 Å². The molecule has 3 rings (SSSR count). The zero-order chi connectivity index (χ0) is 14.8. The van der Waals surface area contributed by atoms with Gasteiger partial charge in [0.05, 0.1) is 5.69 Å². The van der Waals surface area contributed by atoms with E-state index in [1.54, 1.807) is 19.4 Å². The lowest BCUT2D eigenvalue weighted by Gasteiger charge is -2.20. The van der Waals surface area contributed by atoms with Gasteiger partial charge in [0.1, 0.15) is 0 Å². The average Bonchev–Trinajstić information content (AvgIpc) is 2.99. The second-order valence-electron chi connectivity index (χ2n) is 5.02. The number of hydrogen-bond donors (Lipinski definition) is 0. The first-order valence-corrected chi connectivity index (χ1v) is 6.82. The van der Waals surface area contributed by atoms with Crippen molar-refractivity contribution in [3.8, 4) is 11.3 Å². The van der Waals surface area contributed by atoms with E-state index in [-0.39, 0.29) is 11.7 Å². The molecule has 1 aliphatic rings. The SMILES string of the molecule is [C-]#[N+][C@@H]1CCCN1c1nc(-c2ccncc2)cc(=O)n1C. The summed E-state index contributed by atoms with van der Waals surface area (Å²) in [4.78, 5) is 26.3. The molecule has 3 heterocycles. The van der Waals surface area contributed by atoms with Crippen molar-refractivity contribution in [3.05, 3.63) is 52.4 Å². The minimum absolute atomic E-state index is 0.123. The maximum Gasteiger partial charge on any atom is 0.300 e. The average molecular weight is 281 g/mol. The molecule has 1 aliphatic heterocycles. The third-order valence-electron chi connectivity index (χ3n) is 3.71. The van der Waals surface area contributed by atoms with Gasteiger partial charge in [0, 0.05) is 44.0 Å². The van der Waals surface area contributed by atoms with Gasteiger partial charge in [-0.3, -0.25) is 24.1 Å². The van der Waals surface area contributed by atoms with Crippen LogP contribution in [0.5, 0.6) is 0 Å². The number of anilines is 1. The van der Waals surface area contributed by atoms with Crippen LogP contribution in [0.15, 0.2) is 35.4 Å². The van der Waals surface area contributed by atoms with Crippen molar-refractivity contribution < 1.29 is 0 Å². The number of hydrogen-bond acceptors (Lipinski definition) is 4. The van der Waals surface area contributed by atoms with E-state index in [2.05, 4.69) is 14.8 Å². The third-order valence-corrected chi connectivity index (χ3v) is 3.71. The van der Waals surface area contributed by atoms with Crippen LogP contribution in [0.25, 0.3) is 16.1 Å². The van der Waals surface area contributed by atoms with Crippen LogP contribution in [0.2, 0.25) is 0 Å². The molecular formula is C15H15N5O. The molecule has 0 N–H and O–H groups in total. The van der Waals surface area contributed by atoms with Crippen molar-refractivity contribution >= 4 is 5.95 Å². The van der Waals surface area contributed by atoms with Crippen molar-refractivity contribution in [3.63, 3.8) is 0 Å². The number of aromatic nitrogens is 3. The van der Waals surface area contributed by atoms with E-state index in [1.807, 2.05) is 17.0 Å². The van der Waals surface area contributed by atoms with Crippen molar-refractivity contribution in [2.24, 2.45) is 7.05 Å². The number of nitrogens with zero attached hydrogens (tertiary/aromatic N) is 5. The van der Waals surface area contributed by atoms with Gasteiger partial charge in [-0.05, 0) is 18.6 Å². The molecule has 0 aromatic carbocycles. The normalized spacial score (nSPS) is 17.7. The van der Waals surface area contributed by atoms with E-state index in [1.165, 1.54) is 10.6 Å². The zero-order valence-electron chi connectivity index (χ0n) is 11.7. The molecule has 1 fully saturated rings. The lowest BCUT2D eigenvalue weighted by Crippen LogP contribution is -2.33. The molecule has 6 heteroatoms. The first kappa shape index (κ1) is 13.3. The summed E-state index contributed by atoms with van der Waals surface area (Å²) in [7, 11) is 1.69. The molecule has 1 saturated heterocycles. The smallest absolute Gasteiger partial charge is 0.290 e. The summed E-state index contributed by atoms with van der Waals surface area (Å²) in [6.07, 6.45) is 4.88. The lowest BCUT2D eigenvalue weighted by molar-refractivity contribution is 0.719. The van der Waals surface area contributed by atoms with E-state index in [0.717, 1.165) is 24.9 Å². The molecule has 0 amide bonds. The monoisotopic (exact) mass is 281 g/mol. The fourth-order valence-electron chi connectivity index (χ4n) is 2.57. The Balaban J connectivity index is 2.11. The summed E-state index contributed by atoms with van der Waals surface area (Å²) < 4.78 is 1.51. The minimum Gasteiger partial charge on any atom is -0.290 e. The molecule has 6 nitrogen and oxygen atoms in total. The van der Waals surface area contributed by atoms with Crippen LogP contribution in [-0.2, 0) is 7.05 Å². The van der Waals surface area contributed by atoms with Crippen LogP contribution in [0.1, 0.15) is 12.8 Å². The fourth-order valence-corrected chi connectivity index (χ4v) is 2.57. The first-order chi connectivity index (χ1) is 10.2. The Morgan fingerprint density at radius 3 is 2.86 bits per heavy atom. The van der Waals surface area contributed by atoms with Crippen LogP contribution in [0.3, 0.4) is 0 Å². The number of rotatable bonds is 2. The molecule has 0 aliphatic carbocycles. The Bertz CT molecular complexity index is 747. The van der Waals surface area contributed by atoms with Crippen molar-refractivity contribution in [1.82, 2.24) is 14.5 Å². The van der Waals surface area contributed by atoms with Crippen LogP contribution in [0.4, 0.5) is 5.95 Å². The molecule has 106 valence electrons. The van der Waals surface area contributed by atoms with Crippen molar-refractivity contribution in [2.75, 3.05) is 11.4 Å². The predicted molar refractivity (Wildman–Crippen MR) is 79.7 cm³/mol. The molecule has 0 unspecified atom stereocenters. The Kier molecular flexibility index (Phi) is 3.40. The first-order valence-electron chi connectivity index (χ1n) is 6.82. The third kappa shape index (κ3) is 2.38. The quantitative estimate of drug-likeness (QED) is 0.786. The van der Waals surface area contributed by atoms with Gasteiger partial charge in [-0.15, -0.1) is 0 Å². The van der Waals surface area contributed by atoms with E-state index < -0.39 is 0 Å². The predicted octanol–water partition coefficient (Wildman–Crippen LogP) is 1.69. The Morgan fingerprint density at radius 2 is 2.14 bits per heavy atom. The molecule has 1 atom stereocenters. The van der Waals surface area contributed by atoms with E-state index in [4.69, 9.17) is 6.57 Å². The Hall–Kier alpha value is -2.68. The highest BCUT2D eigenvalue weighted by Gasteiger charge is 2.32. The van der Waals surface area contributed by atoms with E-state index >= 15 is 0 Å².